The minimum absolute atomic E-state index is 0.000340. The van der Waals surface area contributed by atoms with Crippen molar-refractivity contribution >= 4 is 17.5 Å². The van der Waals surface area contributed by atoms with Crippen LogP contribution < -0.4 is 5.32 Å². The van der Waals surface area contributed by atoms with Gasteiger partial charge in [-0.3, -0.25) is 4.79 Å². The van der Waals surface area contributed by atoms with Gasteiger partial charge in [-0.2, -0.15) is 0 Å². The second-order valence-electron chi connectivity index (χ2n) is 2.80. The fourth-order valence-corrected chi connectivity index (χ4v) is 1.55. The summed E-state index contributed by atoms with van der Waals surface area (Å²) in [5.41, 5.74) is 1.07. The summed E-state index contributed by atoms with van der Waals surface area (Å²) in [6, 6.07) is 9.72. The molecular weight excluding hydrogens is 174 g/mol. The fourth-order valence-electron chi connectivity index (χ4n) is 1.27. The summed E-state index contributed by atoms with van der Waals surface area (Å²) in [5.74, 6) is -0.0782. The molecule has 1 aromatic carbocycles. The van der Waals surface area contributed by atoms with Gasteiger partial charge in [0.2, 0.25) is 5.91 Å². The van der Waals surface area contributed by atoms with E-state index in [0.29, 0.717) is 0 Å². The molecule has 2 rings (SSSR count). The predicted octanol–water partition coefficient (Wildman–Crippen LogP) is 1.46. The zero-order chi connectivity index (χ0) is 8.55. The molecule has 1 N–H and O–H groups in total. The molecule has 62 valence electrons. The summed E-state index contributed by atoms with van der Waals surface area (Å²) in [5, 5.41) is 2.34. The molecule has 0 aliphatic carbocycles. The molecule has 1 saturated heterocycles. The molecule has 1 aromatic rings. The minimum Gasteiger partial charge on any atom is -0.346 e. The Morgan fingerprint density at radius 3 is 2.42 bits per heavy atom. The molecule has 1 amide bonds. The third-order valence-corrected chi connectivity index (χ3v) is 2.45. The average molecular weight is 182 g/mol. The second-order valence-corrected chi connectivity index (χ2v) is 3.27. The number of benzene rings is 1. The maximum absolute atomic E-state index is 10.8. The lowest BCUT2D eigenvalue weighted by Gasteiger charge is -2.32. The Hall–Kier alpha value is -1.02. The lowest BCUT2D eigenvalue weighted by Crippen LogP contribution is -2.52. The van der Waals surface area contributed by atoms with Gasteiger partial charge in [0, 0.05) is 0 Å². The van der Waals surface area contributed by atoms with Crippen LogP contribution in [0.4, 0.5) is 0 Å². The summed E-state index contributed by atoms with van der Waals surface area (Å²) in [6.45, 7) is 0. The predicted molar refractivity (Wildman–Crippen MR) is 47.0 cm³/mol. The highest BCUT2D eigenvalue weighted by molar-refractivity contribution is 6.33. The van der Waals surface area contributed by atoms with Gasteiger partial charge in [-0.15, -0.1) is 11.6 Å². The smallest absolute Gasteiger partial charge is 0.241 e. The Morgan fingerprint density at radius 2 is 1.92 bits per heavy atom. The van der Waals surface area contributed by atoms with Crippen LogP contribution in [0.2, 0.25) is 0 Å². The minimum atomic E-state index is -0.396. The first kappa shape index (κ1) is 7.62. The van der Waals surface area contributed by atoms with Crippen molar-refractivity contribution in [3.05, 3.63) is 35.9 Å². The van der Waals surface area contributed by atoms with Gasteiger partial charge in [0.15, 0.2) is 0 Å². The van der Waals surface area contributed by atoms with Crippen LogP contribution in [0.1, 0.15) is 11.6 Å². The van der Waals surface area contributed by atoms with E-state index in [9.17, 15) is 4.79 Å². The van der Waals surface area contributed by atoms with Crippen LogP contribution in [0.3, 0.4) is 0 Å². The molecule has 3 heteroatoms. The van der Waals surface area contributed by atoms with Crippen molar-refractivity contribution in [2.24, 2.45) is 0 Å². The van der Waals surface area contributed by atoms with Crippen molar-refractivity contribution in [3.63, 3.8) is 0 Å². The lowest BCUT2D eigenvalue weighted by molar-refractivity contribution is -0.127. The number of halogens is 1. The molecule has 1 aliphatic heterocycles. The van der Waals surface area contributed by atoms with E-state index in [4.69, 9.17) is 11.6 Å². The fraction of sp³-hybridized carbons (Fsp3) is 0.222. The summed E-state index contributed by atoms with van der Waals surface area (Å²) in [4.78, 5) is 10.8. The van der Waals surface area contributed by atoms with Crippen LogP contribution in [0.25, 0.3) is 0 Å². The molecule has 1 aliphatic rings. The topological polar surface area (TPSA) is 29.1 Å². The van der Waals surface area contributed by atoms with E-state index < -0.39 is 5.38 Å². The molecule has 0 aromatic heterocycles. The van der Waals surface area contributed by atoms with Crippen LogP contribution >= 0.6 is 11.6 Å². The first-order valence-electron chi connectivity index (χ1n) is 3.78. The first-order chi connectivity index (χ1) is 5.79. The van der Waals surface area contributed by atoms with Gasteiger partial charge in [-0.25, -0.2) is 0 Å². The van der Waals surface area contributed by atoms with Crippen molar-refractivity contribution in [2.75, 3.05) is 0 Å². The Morgan fingerprint density at radius 1 is 1.25 bits per heavy atom. The highest BCUT2D eigenvalue weighted by atomic mass is 35.5. The van der Waals surface area contributed by atoms with Gasteiger partial charge < -0.3 is 5.32 Å². The van der Waals surface area contributed by atoms with E-state index in [2.05, 4.69) is 5.32 Å². The average Bonchev–Trinajstić information content (AvgIpc) is 2.15. The van der Waals surface area contributed by atoms with E-state index in [1.165, 1.54) is 0 Å². The Kier molecular flexibility index (Phi) is 1.77. The third kappa shape index (κ3) is 1.08. The van der Waals surface area contributed by atoms with Crippen LogP contribution in [-0.4, -0.2) is 11.3 Å². The zero-order valence-electron chi connectivity index (χ0n) is 6.33. The molecule has 0 radical (unpaired) electrons. The van der Waals surface area contributed by atoms with Crippen molar-refractivity contribution < 1.29 is 4.79 Å². The standard InChI is InChI=1S/C9H8ClNO/c10-7-8(11-9(7)12)6-4-2-1-3-5-6/h1-5,7-8H,(H,11,12)/t7-,8+/m0/s1. The molecule has 1 heterocycles. The van der Waals surface area contributed by atoms with Crippen LogP contribution in [0.15, 0.2) is 30.3 Å². The number of carbonyl (C=O) groups excluding carboxylic acids is 1. The number of β-lactam (4-membered cyclic amide) rings is 1. The summed E-state index contributed by atoms with van der Waals surface area (Å²) in [7, 11) is 0. The Bertz CT molecular complexity index is 299. The van der Waals surface area contributed by atoms with Crippen LogP contribution in [-0.2, 0) is 4.79 Å². The molecule has 1 fully saturated rings. The Labute approximate surface area is 75.5 Å². The van der Waals surface area contributed by atoms with Gasteiger partial charge in [0.1, 0.15) is 5.38 Å². The molecule has 0 saturated carbocycles. The highest BCUT2D eigenvalue weighted by Crippen LogP contribution is 2.28. The molecular formula is C9H8ClNO. The van der Waals surface area contributed by atoms with E-state index >= 15 is 0 Å². The number of rotatable bonds is 1. The second kappa shape index (κ2) is 2.79. The number of nitrogens with one attached hydrogen (secondary N) is 1. The van der Waals surface area contributed by atoms with Crippen molar-refractivity contribution in [3.8, 4) is 0 Å². The van der Waals surface area contributed by atoms with E-state index in [1.54, 1.807) is 0 Å². The van der Waals surface area contributed by atoms with Crippen LogP contribution in [0.5, 0.6) is 0 Å². The number of alkyl halides is 1. The van der Waals surface area contributed by atoms with Gasteiger partial charge in [-0.05, 0) is 5.56 Å². The largest absolute Gasteiger partial charge is 0.346 e. The van der Waals surface area contributed by atoms with E-state index in [-0.39, 0.29) is 11.9 Å². The summed E-state index contributed by atoms with van der Waals surface area (Å²) >= 11 is 5.79. The number of amides is 1. The summed E-state index contributed by atoms with van der Waals surface area (Å²) < 4.78 is 0. The van der Waals surface area contributed by atoms with E-state index in [1.807, 2.05) is 30.3 Å². The number of hydrogen-bond acceptors (Lipinski definition) is 1. The maximum atomic E-state index is 10.8. The SMILES string of the molecule is O=C1N[C@H](c2ccccc2)[C@@H]1Cl. The van der Waals surface area contributed by atoms with Gasteiger partial charge in [0.25, 0.3) is 0 Å². The van der Waals surface area contributed by atoms with Crippen molar-refractivity contribution in [2.45, 2.75) is 11.4 Å². The molecule has 2 atom stereocenters. The molecule has 0 unspecified atom stereocenters. The van der Waals surface area contributed by atoms with Gasteiger partial charge in [-0.1, -0.05) is 30.3 Å². The van der Waals surface area contributed by atoms with Crippen molar-refractivity contribution in [1.29, 1.82) is 0 Å². The number of hydrogen-bond donors (Lipinski definition) is 1. The van der Waals surface area contributed by atoms with E-state index in [0.717, 1.165) is 5.56 Å². The first-order valence-corrected chi connectivity index (χ1v) is 4.22. The number of carbonyl (C=O) groups is 1. The molecule has 0 spiro atoms. The molecule has 0 bridgehead atoms. The normalized spacial score (nSPS) is 27.6. The highest BCUT2D eigenvalue weighted by Gasteiger charge is 2.38. The van der Waals surface area contributed by atoms with Crippen molar-refractivity contribution in [1.82, 2.24) is 5.32 Å². The van der Waals surface area contributed by atoms with Crippen LogP contribution in [0, 0.1) is 0 Å². The monoisotopic (exact) mass is 181 g/mol. The van der Waals surface area contributed by atoms with Gasteiger partial charge >= 0.3 is 0 Å². The summed E-state index contributed by atoms with van der Waals surface area (Å²) in [6.07, 6.45) is 0. The Balaban J connectivity index is 2.18. The quantitative estimate of drug-likeness (QED) is 0.516. The molecule has 2 nitrogen and oxygen atoms in total. The lowest BCUT2D eigenvalue weighted by atomic mass is 9.97. The molecule has 12 heavy (non-hydrogen) atoms. The van der Waals surface area contributed by atoms with Gasteiger partial charge in [0.05, 0.1) is 6.04 Å². The third-order valence-electron chi connectivity index (χ3n) is 2.00. The zero-order valence-corrected chi connectivity index (χ0v) is 7.08. The maximum Gasteiger partial charge on any atom is 0.241 e.